The molecule has 8 aromatic heterocycles. The number of benzene rings is 5. The van der Waals surface area contributed by atoms with Crippen molar-refractivity contribution in [2.24, 2.45) is 0 Å². The minimum atomic E-state index is -0.701. The maximum absolute atomic E-state index is 12.7. The van der Waals surface area contributed by atoms with Gasteiger partial charge in [-0.05, 0) is 104 Å². The first-order valence-corrected chi connectivity index (χ1v) is 23.9. The van der Waals surface area contributed by atoms with Crippen molar-refractivity contribution in [3.05, 3.63) is 192 Å². The molecule has 0 spiro atoms. The molecule has 0 fully saturated rings. The van der Waals surface area contributed by atoms with E-state index in [4.69, 9.17) is 34.1 Å². The molecule has 2 atom stereocenters. The largest absolute Gasteiger partial charge is 2.00 e. The summed E-state index contributed by atoms with van der Waals surface area (Å²) >= 11 is 0. The summed E-state index contributed by atoms with van der Waals surface area (Å²) in [7, 11) is 2.84. The first kappa shape index (κ1) is 50.8. The molecule has 0 amide bonds. The summed E-state index contributed by atoms with van der Waals surface area (Å²) in [5, 5.41) is 15.6. The van der Waals surface area contributed by atoms with E-state index in [9.17, 15) is 14.9 Å². The van der Waals surface area contributed by atoms with Crippen LogP contribution in [0.25, 0.3) is 99.3 Å². The maximum Gasteiger partial charge on any atom is 2.00 e. The Bertz CT molecular complexity index is 4010. The summed E-state index contributed by atoms with van der Waals surface area (Å²) in [6.07, 6.45) is 9.50. The van der Waals surface area contributed by atoms with Crippen LogP contribution in [-0.4, -0.2) is 86.0 Å². The third-order valence-electron chi connectivity index (χ3n) is 12.8. The Balaban J connectivity index is 0.000000133. The van der Waals surface area contributed by atoms with Gasteiger partial charge in [0, 0.05) is 70.2 Å². The number of fused-ring (bicyclic) bond motifs is 14. The first-order chi connectivity index (χ1) is 37.2. The van der Waals surface area contributed by atoms with Gasteiger partial charge in [0.05, 0.1) is 91.4 Å². The molecule has 2 unspecified atom stereocenters. The fourth-order valence-electron chi connectivity index (χ4n) is 8.97. The fourth-order valence-corrected chi connectivity index (χ4v) is 8.97. The van der Waals surface area contributed by atoms with E-state index in [1.165, 1.54) is 38.6 Å². The number of pyridine rings is 5. The molecule has 0 saturated carbocycles. The van der Waals surface area contributed by atoms with E-state index in [0.29, 0.717) is 17.0 Å². The Kier molecular flexibility index (Phi) is 14.5. The van der Waals surface area contributed by atoms with Gasteiger partial charge in [0.15, 0.2) is 23.0 Å². The molecule has 19 heteroatoms. The molecule has 0 bridgehead atoms. The third kappa shape index (κ3) is 9.90. The van der Waals surface area contributed by atoms with Gasteiger partial charge < -0.3 is 14.2 Å². The second-order valence-electron chi connectivity index (χ2n) is 17.3. The van der Waals surface area contributed by atoms with Crippen molar-refractivity contribution in [2.75, 3.05) is 14.2 Å². The predicted molar refractivity (Wildman–Crippen MR) is 290 cm³/mol. The standard InChI is InChI=1S/C22H22N4O6.2C18H10N4.Ru/c1-13(15-11-19(30-3)20(31-4)12-18(15)26(28)29)14(2)32-22(27)17-8-10-24-21(25-17)16-7-5-6-9-23-16;2*1-2-8-14-13(7-1)21-17-11-5-3-9-19-15(11)16-12(18(17)22-14)6-4-10-20-16;/h5-14H,1-4H3;2*1-10H;/q;;;+2. The van der Waals surface area contributed by atoms with Crippen LogP contribution < -0.4 is 9.47 Å². The average Bonchev–Trinajstić information content (AvgIpc) is 3.53. The number of carbonyl (C=O) groups is 1. The Labute approximate surface area is 450 Å². The second kappa shape index (κ2) is 22.0. The Morgan fingerprint density at radius 2 is 0.896 bits per heavy atom. The molecule has 5 aromatic carbocycles. The molecule has 0 radical (unpaired) electrons. The SMILES string of the molecule is COc1cc(C(C)C(C)OC(=O)c2ccnc(-c3ccccn3)n2)c([N+](=O)[O-])cc1OC.[Ru+2].c1ccc2nc3c4cccnc4c4ncccc4c3nc2c1.c1ccc2nc3c4cccnc4c4ncccc4c3nc2c1. The molecule has 13 rings (SSSR count). The van der Waals surface area contributed by atoms with E-state index in [2.05, 4.69) is 34.9 Å². The molecule has 0 N–H and O–H groups in total. The number of aromatic nitrogens is 11. The molecule has 18 nitrogen and oxygen atoms in total. The van der Waals surface area contributed by atoms with Crippen LogP contribution in [0, 0.1) is 10.1 Å². The zero-order valence-electron chi connectivity index (χ0n) is 41.5. The summed E-state index contributed by atoms with van der Waals surface area (Å²) < 4.78 is 16.0. The van der Waals surface area contributed by atoms with Crippen LogP contribution in [0.4, 0.5) is 5.69 Å². The van der Waals surface area contributed by atoms with Gasteiger partial charge >= 0.3 is 25.4 Å². The van der Waals surface area contributed by atoms with Crippen LogP contribution in [0.15, 0.2) is 171 Å². The summed E-state index contributed by atoms with van der Waals surface area (Å²) in [6, 6.07) is 41.2. The van der Waals surface area contributed by atoms with Crippen molar-refractivity contribution in [3.63, 3.8) is 0 Å². The molecule has 0 aliphatic heterocycles. The Morgan fingerprint density at radius 1 is 0.481 bits per heavy atom. The topological polar surface area (TPSA) is 230 Å². The van der Waals surface area contributed by atoms with Crippen LogP contribution >= 0.6 is 0 Å². The van der Waals surface area contributed by atoms with Gasteiger partial charge in [0.25, 0.3) is 5.69 Å². The van der Waals surface area contributed by atoms with Gasteiger partial charge in [0.1, 0.15) is 11.8 Å². The maximum atomic E-state index is 12.7. The van der Waals surface area contributed by atoms with Crippen molar-refractivity contribution in [1.29, 1.82) is 0 Å². The number of nitrogens with zero attached hydrogens (tertiary/aromatic N) is 12. The minimum Gasteiger partial charge on any atom is -0.493 e. The van der Waals surface area contributed by atoms with Crippen LogP contribution in [-0.2, 0) is 24.2 Å². The minimum absolute atomic E-state index is 0. The van der Waals surface area contributed by atoms with Crippen molar-refractivity contribution in [2.45, 2.75) is 25.9 Å². The molecular formula is C58H42N12O6Ru+2. The van der Waals surface area contributed by atoms with Gasteiger partial charge in [-0.3, -0.25) is 35.0 Å². The van der Waals surface area contributed by atoms with E-state index in [-0.39, 0.29) is 42.4 Å². The Hall–Kier alpha value is -9.74. The van der Waals surface area contributed by atoms with E-state index in [1.54, 1.807) is 63.0 Å². The molecule has 0 saturated heterocycles. The number of carbonyl (C=O) groups excluding carboxylic acids is 1. The molecule has 8 heterocycles. The molecular weight excluding hydrogens is 1060 g/mol. The van der Waals surface area contributed by atoms with Crippen LogP contribution in [0.5, 0.6) is 11.5 Å². The number of methoxy groups -OCH3 is 2. The monoisotopic (exact) mass is 1100 g/mol. The zero-order chi connectivity index (χ0) is 52.3. The third-order valence-corrected chi connectivity index (χ3v) is 12.8. The number of para-hydroxylation sites is 4. The van der Waals surface area contributed by atoms with Gasteiger partial charge in [0.2, 0.25) is 0 Å². The average molecular weight is 1100 g/mol. The van der Waals surface area contributed by atoms with Gasteiger partial charge in [-0.15, -0.1) is 0 Å². The molecule has 0 aliphatic rings. The number of esters is 1. The smallest absolute Gasteiger partial charge is 0.493 e. The summed E-state index contributed by atoms with van der Waals surface area (Å²) in [4.78, 5) is 73.7. The summed E-state index contributed by atoms with van der Waals surface area (Å²) in [6.45, 7) is 3.38. The van der Waals surface area contributed by atoms with Crippen molar-refractivity contribution in [3.8, 4) is 23.0 Å². The van der Waals surface area contributed by atoms with E-state index in [1.807, 2.05) is 97.1 Å². The van der Waals surface area contributed by atoms with Crippen LogP contribution in [0.1, 0.15) is 35.8 Å². The zero-order valence-corrected chi connectivity index (χ0v) is 43.2. The first-order valence-electron chi connectivity index (χ1n) is 23.9. The van der Waals surface area contributed by atoms with Gasteiger partial charge in [-0.25, -0.2) is 34.7 Å². The number of rotatable bonds is 8. The Morgan fingerprint density at radius 3 is 1.30 bits per heavy atom. The summed E-state index contributed by atoms with van der Waals surface area (Å²) in [5.41, 5.74) is 11.3. The normalized spacial score (nSPS) is 11.8. The quantitative estimate of drug-likeness (QED) is 0.0344. The van der Waals surface area contributed by atoms with E-state index >= 15 is 0 Å². The molecule has 13 aromatic rings. The van der Waals surface area contributed by atoms with Gasteiger partial charge in [-0.1, -0.05) is 37.3 Å². The number of hydrogen-bond donors (Lipinski definition) is 0. The van der Waals surface area contributed by atoms with E-state index in [0.717, 1.165) is 87.7 Å². The molecule has 0 aliphatic carbocycles. The van der Waals surface area contributed by atoms with Gasteiger partial charge in [-0.2, -0.15) is 0 Å². The summed E-state index contributed by atoms with van der Waals surface area (Å²) in [5.74, 6) is -0.322. The number of nitro benzene ring substituents is 1. The van der Waals surface area contributed by atoms with Crippen molar-refractivity contribution >= 4 is 99.4 Å². The van der Waals surface area contributed by atoms with Crippen molar-refractivity contribution in [1.82, 2.24) is 54.8 Å². The van der Waals surface area contributed by atoms with Crippen LogP contribution in [0.2, 0.25) is 0 Å². The van der Waals surface area contributed by atoms with Crippen LogP contribution in [0.3, 0.4) is 0 Å². The fraction of sp³-hybridized carbons (Fsp3) is 0.103. The predicted octanol–water partition coefficient (Wildman–Crippen LogP) is 11.6. The molecule has 376 valence electrons. The number of ether oxygens (including phenoxy) is 3. The van der Waals surface area contributed by atoms with Crippen molar-refractivity contribution < 1.29 is 43.4 Å². The number of nitro groups is 1. The number of hydrogen-bond acceptors (Lipinski definition) is 17. The molecule has 77 heavy (non-hydrogen) atoms. The second-order valence-corrected chi connectivity index (χ2v) is 17.3. The van der Waals surface area contributed by atoms with E-state index < -0.39 is 22.9 Å².